The number of rotatable bonds is 7. The molecule has 7 nitrogen and oxygen atoms in total. The minimum atomic E-state index is -0.604. The van der Waals surface area contributed by atoms with Crippen LogP contribution in [0, 0.1) is 6.92 Å². The molecule has 2 aromatic rings. The molecule has 0 saturated heterocycles. The van der Waals surface area contributed by atoms with Gasteiger partial charge in [0.05, 0.1) is 26.5 Å². The lowest BCUT2D eigenvalue weighted by atomic mass is 10.1. The molecule has 1 amide bonds. The molecule has 0 fully saturated rings. The summed E-state index contributed by atoms with van der Waals surface area (Å²) in [5.41, 5.74) is 1.06. The van der Waals surface area contributed by atoms with E-state index in [-0.39, 0.29) is 12.6 Å². The molecule has 134 valence electrons. The van der Waals surface area contributed by atoms with E-state index in [0.717, 1.165) is 5.56 Å². The zero-order valence-electron chi connectivity index (χ0n) is 14.6. The molecular formula is C18H21NO6. The van der Waals surface area contributed by atoms with Gasteiger partial charge in [0.1, 0.15) is 22.8 Å². The topological polar surface area (TPSA) is 87.0 Å². The third-order valence-electron chi connectivity index (χ3n) is 3.69. The van der Waals surface area contributed by atoms with Crippen molar-refractivity contribution in [3.8, 4) is 11.5 Å². The molecule has 0 radical (unpaired) electrons. The minimum absolute atomic E-state index is 0.301. The number of aryl methyl sites for hydroxylation is 1. The maximum absolute atomic E-state index is 12.1. The van der Waals surface area contributed by atoms with Crippen LogP contribution in [-0.4, -0.2) is 32.7 Å². The smallest absolute Gasteiger partial charge is 0.342 e. The second-order valence-electron chi connectivity index (χ2n) is 5.36. The molecule has 1 heterocycles. The Morgan fingerprint density at radius 3 is 2.56 bits per heavy atom. The van der Waals surface area contributed by atoms with Gasteiger partial charge in [-0.2, -0.15) is 0 Å². The third kappa shape index (κ3) is 4.53. The summed E-state index contributed by atoms with van der Waals surface area (Å²) < 4.78 is 20.5. The first-order valence-electron chi connectivity index (χ1n) is 7.68. The van der Waals surface area contributed by atoms with Crippen LogP contribution < -0.4 is 14.8 Å². The molecule has 0 unspecified atom stereocenters. The summed E-state index contributed by atoms with van der Waals surface area (Å²) in [6, 6.07) is 6.46. The highest BCUT2D eigenvalue weighted by atomic mass is 16.5. The van der Waals surface area contributed by atoms with Crippen LogP contribution in [0.1, 0.15) is 34.6 Å². The van der Waals surface area contributed by atoms with Gasteiger partial charge in [-0.05, 0) is 38.1 Å². The number of methoxy groups -OCH3 is 2. The van der Waals surface area contributed by atoms with E-state index in [9.17, 15) is 9.59 Å². The number of carbonyl (C=O) groups excluding carboxylic acids is 2. The van der Waals surface area contributed by atoms with Crippen molar-refractivity contribution >= 4 is 11.9 Å². The Hall–Kier alpha value is -2.96. The van der Waals surface area contributed by atoms with Gasteiger partial charge in [0.2, 0.25) is 0 Å². The van der Waals surface area contributed by atoms with Crippen LogP contribution in [0.15, 0.2) is 34.9 Å². The van der Waals surface area contributed by atoms with Gasteiger partial charge in [-0.3, -0.25) is 4.79 Å². The normalized spacial score (nSPS) is 11.5. The number of hydrogen-bond acceptors (Lipinski definition) is 6. The SMILES string of the molecule is COc1ccc(OC)c([C@@H](C)NC(=O)COC(=O)c2ccoc2C)c1. The van der Waals surface area contributed by atoms with Crippen molar-refractivity contribution in [3.05, 3.63) is 47.4 Å². The average molecular weight is 347 g/mol. The van der Waals surface area contributed by atoms with Crippen molar-refractivity contribution in [2.45, 2.75) is 19.9 Å². The standard InChI is InChI=1S/C18H21NO6/c1-11(15-9-13(22-3)5-6-16(15)23-4)19-17(20)10-25-18(21)14-7-8-24-12(14)2/h5-9,11H,10H2,1-4H3,(H,19,20)/t11-/m1/s1. The van der Waals surface area contributed by atoms with Crippen LogP contribution in [0.5, 0.6) is 11.5 Å². The van der Waals surface area contributed by atoms with Gasteiger partial charge >= 0.3 is 5.97 Å². The van der Waals surface area contributed by atoms with E-state index in [1.54, 1.807) is 46.3 Å². The van der Waals surface area contributed by atoms with E-state index < -0.39 is 11.9 Å². The van der Waals surface area contributed by atoms with Crippen molar-refractivity contribution in [2.24, 2.45) is 0 Å². The minimum Gasteiger partial charge on any atom is -0.497 e. The Kier molecular flexibility index (Phi) is 6.05. The third-order valence-corrected chi connectivity index (χ3v) is 3.69. The number of furan rings is 1. The number of esters is 1. The van der Waals surface area contributed by atoms with Gasteiger partial charge in [0.15, 0.2) is 6.61 Å². The largest absolute Gasteiger partial charge is 0.497 e. The lowest BCUT2D eigenvalue weighted by molar-refractivity contribution is -0.124. The lowest BCUT2D eigenvalue weighted by Crippen LogP contribution is -2.31. The molecule has 1 aromatic carbocycles. The first-order chi connectivity index (χ1) is 12.0. The van der Waals surface area contributed by atoms with Crippen LogP contribution in [0.3, 0.4) is 0 Å². The molecule has 25 heavy (non-hydrogen) atoms. The molecule has 0 aliphatic heterocycles. The molecule has 1 N–H and O–H groups in total. The van der Waals surface area contributed by atoms with Crippen LogP contribution in [-0.2, 0) is 9.53 Å². The highest BCUT2D eigenvalue weighted by molar-refractivity contribution is 5.92. The zero-order valence-corrected chi connectivity index (χ0v) is 14.6. The summed E-state index contributed by atoms with van der Waals surface area (Å²) >= 11 is 0. The van der Waals surface area contributed by atoms with E-state index >= 15 is 0 Å². The number of hydrogen-bond donors (Lipinski definition) is 1. The van der Waals surface area contributed by atoms with Gasteiger partial charge in [-0.1, -0.05) is 0 Å². The zero-order chi connectivity index (χ0) is 18.4. The Morgan fingerprint density at radius 2 is 1.96 bits per heavy atom. The first kappa shape index (κ1) is 18.4. The van der Waals surface area contributed by atoms with Gasteiger partial charge in [0, 0.05) is 5.56 Å². The van der Waals surface area contributed by atoms with Crippen LogP contribution in [0.2, 0.25) is 0 Å². The average Bonchev–Trinajstić information content (AvgIpc) is 3.05. The maximum Gasteiger partial charge on any atom is 0.342 e. The Bertz CT molecular complexity index is 752. The van der Waals surface area contributed by atoms with Crippen molar-refractivity contribution in [1.82, 2.24) is 5.32 Å². The molecule has 0 aliphatic carbocycles. The fraction of sp³-hybridized carbons (Fsp3) is 0.333. The molecule has 0 bridgehead atoms. The Labute approximate surface area is 145 Å². The molecule has 0 saturated carbocycles. The molecule has 2 rings (SSSR count). The summed E-state index contributed by atoms with van der Waals surface area (Å²) in [6.45, 7) is 3.06. The summed E-state index contributed by atoms with van der Waals surface area (Å²) in [5, 5.41) is 2.76. The van der Waals surface area contributed by atoms with Crippen molar-refractivity contribution in [1.29, 1.82) is 0 Å². The number of nitrogens with one attached hydrogen (secondary N) is 1. The first-order valence-corrected chi connectivity index (χ1v) is 7.68. The number of amides is 1. The fourth-order valence-electron chi connectivity index (χ4n) is 2.34. The molecule has 7 heteroatoms. The fourth-order valence-corrected chi connectivity index (χ4v) is 2.34. The highest BCUT2D eigenvalue weighted by Crippen LogP contribution is 2.29. The van der Waals surface area contributed by atoms with Crippen molar-refractivity contribution < 1.29 is 28.2 Å². The number of benzene rings is 1. The number of carbonyl (C=O) groups is 2. The summed E-state index contributed by atoms with van der Waals surface area (Å²) in [6.07, 6.45) is 1.39. The van der Waals surface area contributed by atoms with Gasteiger partial charge < -0.3 is 23.9 Å². The van der Waals surface area contributed by atoms with E-state index in [1.165, 1.54) is 12.3 Å². The summed E-state index contributed by atoms with van der Waals surface area (Å²) in [5.74, 6) is 0.693. The number of ether oxygens (including phenoxy) is 3. The van der Waals surface area contributed by atoms with Gasteiger partial charge in [-0.25, -0.2) is 4.79 Å². The monoisotopic (exact) mass is 347 g/mol. The molecule has 0 spiro atoms. The molecule has 0 aliphatic rings. The van der Waals surface area contributed by atoms with Gasteiger partial charge in [0.25, 0.3) is 5.91 Å². The predicted octanol–water partition coefficient (Wildman–Crippen LogP) is 2.64. The summed E-state index contributed by atoms with van der Waals surface area (Å²) in [7, 11) is 3.11. The molecule has 1 atom stereocenters. The van der Waals surface area contributed by atoms with Crippen LogP contribution in [0.4, 0.5) is 0 Å². The summed E-state index contributed by atoms with van der Waals surface area (Å²) in [4.78, 5) is 23.9. The van der Waals surface area contributed by atoms with E-state index in [4.69, 9.17) is 18.6 Å². The van der Waals surface area contributed by atoms with Crippen LogP contribution in [0.25, 0.3) is 0 Å². The van der Waals surface area contributed by atoms with Gasteiger partial charge in [-0.15, -0.1) is 0 Å². The molecular weight excluding hydrogens is 326 g/mol. The highest BCUT2D eigenvalue weighted by Gasteiger charge is 2.18. The Morgan fingerprint density at radius 1 is 1.20 bits per heavy atom. The Balaban J connectivity index is 1.96. The second-order valence-corrected chi connectivity index (χ2v) is 5.36. The van der Waals surface area contributed by atoms with E-state index in [1.807, 2.05) is 0 Å². The predicted molar refractivity (Wildman–Crippen MR) is 89.8 cm³/mol. The van der Waals surface area contributed by atoms with E-state index in [2.05, 4.69) is 5.32 Å². The maximum atomic E-state index is 12.1. The second kappa shape index (κ2) is 8.23. The van der Waals surface area contributed by atoms with Crippen LogP contribution >= 0.6 is 0 Å². The van der Waals surface area contributed by atoms with Crippen molar-refractivity contribution in [3.63, 3.8) is 0 Å². The van der Waals surface area contributed by atoms with E-state index in [0.29, 0.717) is 22.8 Å². The van der Waals surface area contributed by atoms with Crippen molar-refractivity contribution in [2.75, 3.05) is 20.8 Å². The lowest BCUT2D eigenvalue weighted by Gasteiger charge is -2.18. The quantitative estimate of drug-likeness (QED) is 0.775. The molecule has 1 aromatic heterocycles.